The first-order chi connectivity index (χ1) is 18.8. The van der Waals surface area contributed by atoms with Gasteiger partial charge in [0.05, 0.1) is 33.5 Å². The van der Waals surface area contributed by atoms with Crippen LogP contribution in [0.1, 0.15) is 11.1 Å². The number of rotatable bonds is 5. The van der Waals surface area contributed by atoms with Crippen LogP contribution >= 0.6 is 0 Å². The van der Waals surface area contributed by atoms with Crippen LogP contribution in [0.4, 0.5) is 0 Å². The fourth-order valence-electron chi connectivity index (χ4n) is 5.04. The lowest BCUT2D eigenvalue weighted by molar-refractivity contribution is 0.363. The standard InChI is InChI=1S/C33H24N4O/c1-2-20-38-23-10-8-22(9-11-23)33-30-18-14-26(36-30)24-12-16-28(34-24)32(21-6-4-3-5-7-21)29-17-13-25(35-29)27-15-19-31(33)37-27/h2-19,34,37H,1,20H2. The summed E-state index contributed by atoms with van der Waals surface area (Å²) in [6.07, 6.45) is 10.0. The summed E-state index contributed by atoms with van der Waals surface area (Å²) in [7, 11) is 0. The number of allylic oxidation sites excluding steroid dienone is 2. The number of nitrogens with zero attached hydrogens (tertiary/aromatic N) is 2. The summed E-state index contributed by atoms with van der Waals surface area (Å²) >= 11 is 0. The quantitative estimate of drug-likeness (QED) is 0.413. The second-order valence-electron chi connectivity index (χ2n) is 9.24. The van der Waals surface area contributed by atoms with Gasteiger partial charge in [-0.25, -0.2) is 9.98 Å². The molecule has 7 rings (SSSR count). The molecule has 0 unspecified atom stereocenters. The van der Waals surface area contributed by atoms with Crippen molar-refractivity contribution >= 4 is 34.0 Å². The van der Waals surface area contributed by atoms with E-state index >= 15 is 0 Å². The van der Waals surface area contributed by atoms with Gasteiger partial charge in [-0.15, -0.1) is 0 Å². The van der Waals surface area contributed by atoms with E-state index in [1.165, 1.54) is 0 Å². The van der Waals surface area contributed by atoms with Gasteiger partial charge in [-0.1, -0.05) is 55.1 Å². The molecule has 4 aromatic rings. The SMILES string of the molecule is C=CCOc1ccc(C2=c3ccc([nH]3)=C3C=CC(=N3)C(c3ccccc3)=c3ccc([nH]3)=C3C=CC2=N3)cc1. The second kappa shape index (κ2) is 9.05. The number of fused-ring (bicyclic) bond motifs is 6. The normalized spacial score (nSPS) is 15.5. The van der Waals surface area contributed by atoms with Crippen molar-refractivity contribution in [3.63, 3.8) is 0 Å². The van der Waals surface area contributed by atoms with E-state index in [2.05, 4.69) is 102 Å². The predicted molar refractivity (Wildman–Crippen MR) is 154 cm³/mol. The highest BCUT2D eigenvalue weighted by Crippen LogP contribution is 2.24. The Hall–Kier alpha value is -5.16. The molecule has 0 saturated heterocycles. The summed E-state index contributed by atoms with van der Waals surface area (Å²) in [5, 5.41) is 3.90. The Morgan fingerprint density at radius 3 is 1.68 bits per heavy atom. The highest BCUT2D eigenvalue weighted by atomic mass is 16.5. The number of H-pyrrole nitrogens is 2. The van der Waals surface area contributed by atoms with Gasteiger partial charge in [-0.3, -0.25) is 0 Å². The molecular formula is C33H24N4O. The van der Waals surface area contributed by atoms with Gasteiger partial charge in [0.1, 0.15) is 12.4 Å². The van der Waals surface area contributed by atoms with E-state index < -0.39 is 0 Å². The molecule has 5 heterocycles. The summed E-state index contributed by atoms with van der Waals surface area (Å²) in [6, 6.07) is 26.9. The second-order valence-corrected chi connectivity index (χ2v) is 9.24. The number of hydrogen-bond donors (Lipinski definition) is 2. The van der Waals surface area contributed by atoms with E-state index in [1.807, 2.05) is 18.2 Å². The number of nitrogens with one attached hydrogen (secondary N) is 2. The molecule has 3 aliphatic rings. The van der Waals surface area contributed by atoms with Gasteiger partial charge < -0.3 is 14.7 Å². The van der Waals surface area contributed by atoms with Crippen LogP contribution < -0.4 is 26.1 Å². The van der Waals surface area contributed by atoms with Crippen molar-refractivity contribution in [1.29, 1.82) is 0 Å². The molecule has 0 aliphatic carbocycles. The van der Waals surface area contributed by atoms with Gasteiger partial charge >= 0.3 is 0 Å². The van der Waals surface area contributed by atoms with E-state index in [9.17, 15) is 0 Å². The Labute approximate surface area is 219 Å². The first kappa shape index (κ1) is 22.1. The van der Waals surface area contributed by atoms with Crippen molar-refractivity contribution in [2.45, 2.75) is 0 Å². The van der Waals surface area contributed by atoms with Gasteiger partial charge in [0.15, 0.2) is 0 Å². The van der Waals surface area contributed by atoms with Crippen LogP contribution in [0.25, 0.3) is 22.5 Å². The third kappa shape index (κ3) is 3.82. The van der Waals surface area contributed by atoms with Gasteiger partial charge in [0.2, 0.25) is 0 Å². The summed E-state index contributed by atoms with van der Waals surface area (Å²) in [4.78, 5) is 17.3. The largest absolute Gasteiger partial charge is 0.490 e. The van der Waals surface area contributed by atoms with Crippen LogP contribution in [0.5, 0.6) is 5.75 Å². The molecule has 38 heavy (non-hydrogen) atoms. The summed E-state index contributed by atoms with van der Waals surface area (Å²) in [5.74, 6) is 0.802. The molecule has 8 bridgehead atoms. The molecular weight excluding hydrogens is 468 g/mol. The molecule has 0 amide bonds. The van der Waals surface area contributed by atoms with Crippen molar-refractivity contribution in [2.75, 3.05) is 6.61 Å². The van der Waals surface area contributed by atoms with Gasteiger partial charge in [0, 0.05) is 21.8 Å². The Morgan fingerprint density at radius 1 is 0.605 bits per heavy atom. The maximum Gasteiger partial charge on any atom is 0.119 e. The molecule has 5 heteroatoms. The number of aromatic amines is 2. The number of hydrogen-bond acceptors (Lipinski definition) is 3. The van der Waals surface area contributed by atoms with E-state index in [1.54, 1.807) is 6.08 Å². The van der Waals surface area contributed by atoms with Crippen molar-refractivity contribution < 1.29 is 4.74 Å². The van der Waals surface area contributed by atoms with Crippen molar-refractivity contribution in [1.82, 2.24) is 9.97 Å². The molecule has 2 aromatic heterocycles. The molecule has 5 nitrogen and oxygen atoms in total. The van der Waals surface area contributed by atoms with Crippen molar-refractivity contribution in [3.8, 4) is 5.75 Å². The Morgan fingerprint density at radius 2 is 1.13 bits per heavy atom. The maximum atomic E-state index is 5.70. The minimum atomic E-state index is 0.472. The zero-order valence-corrected chi connectivity index (χ0v) is 20.6. The number of aliphatic imine (C=N–C) groups is 2. The molecule has 2 aromatic carbocycles. The molecule has 182 valence electrons. The van der Waals surface area contributed by atoms with Crippen LogP contribution in [-0.2, 0) is 0 Å². The minimum Gasteiger partial charge on any atom is -0.490 e. The zero-order chi connectivity index (χ0) is 25.5. The van der Waals surface area contributed by atoms with Crippen molar-refractivity contribution in [2.24, 2.45) is 9.98 Å². The van der Waals surface area contributed by atoms with Gasteiger partial charge in [-0.05, 0) is 71.8 Å². The zero-order valence-electron chi connectivity index (χ0n) is 20.6. The fourth-order valence-corrected chi connectivity index (χ4v) is 5.04. The average Bonchev–Trinajstić information content (AvgIpc) is 3.76. The average molecular weight is 493 g/mol. The first-order valence-corrected chi connectivity index (χ1v) is 12.6. The minimum absolute atomic E-state index is 0.472. The first-order valence-electron chi connectivity index (χ1n) is 12.6. The summed E-state index contributed by atoms with van der Waals surface area (Å²) in [5.41, 5.74) is 7.83. The topological polar surface area (TPSA) is 65.5 Å². The maximum absolute atomic E-state index is 5.70. The lowest BCUT2D eigenvalue weighted by Crippen LogP contribution is -2.19. The van der Waals surface area contributed by atoms with Crippen molar-refractivity contribution in [3.05, 3.63) is 148 Å². The summed E-state index contributed by atoms with van der Waals surface area (Å²) < 4.78 is 5.70. The van der Waals surface area contributed by atoms with Gasteiger partial charge in [0.25, 0.3) is 0 Å². The smallest absolute Gasteiger partial charge is 0.119 e. The van der Waals surface area contributed by atoms with E-state index in [0.29, 0.717) is 6.61 Å². The highest BCUT2D eigenvalue weighted by Gasteiger charge is 2.18. The lowest BCUT2D eigenvalue weighted by Gasteiger charge is -2.08. The third-order valence-electron chi connectivity index (χ3n) is 6.83. The number of benzene rings is 2. The molecule has 3 aliphatic heterocycles. The van der Waals surface area contributed by atoms with Crippen LogP contribution in [0.3, 0.4) is 0 Å². The van der Waals surface area contributed by atoms with Gasteiger partial charge in [-0.2, -0.15) is 0 Å². The van der Waals surface area contributed by atoms with E-state index in [4.69, 9.17) is 14.7 Å². The van der Waals surface area contributed by atoms with E-state index in [-0.39, 0.29) is 0 Å². The third-order valence-corrected chi connectivity index (χ3v) is 6.83. The fraction of sp³-hybridized carbons (Fsp3) is 0.0303. The van der Waals surface area contributed by atoms with Crippen LogP contribution in [0.2, 0.25) is 0 Å². The summed E-state index contributed by atoms with van der Waals surface area (Å²) in [6.45, 7) is 4.20. The van der Waals surface area contributed by atoms with E-state index in [0.717, 1.165) is 72.2 Å². The predicted octanol–water partition coefficient (Wildman–Crippen LogP) is 3.26. The number of aromatic nitrogens is 2. The molecule has 0 atom stereocenters. The Kier molecular flexibility index (Phi) is 5.26. The highest BCUT2D eigenvalue weighted by molar-refractivity contribution is 6.32. The molecule has 0 spiro atoms. The molecule has 0 radical (unpaired) electrons. The molecule has 0 saturated carbocycles. The van der Waals surface area contributed by atoms with Crippen LogP contribution in [0, 0.1) is 0 Å². The Bertz CT molecular complexity index is 1960. The monoisotopic (exact) mass is 492 g/mol. The molecule has 2 N–H and O–H groups in total. The Balaban J connectivity index is 1.50. The van der Waals surface area contributed by atoms with Crippen LogP contribution in [-0.4, -0.2) is 28.0 Å². The lowest BCUT2D eigenvalue weighted by atomic mass is 10.0. The molecule has 0 fully saturated rings. The number of ether oxygens (including phenoxy) is 1. The van der Waals surface area contributed by atoms with Crippen LogP contribution in [0.15, 0.2) is 126 Å².